The molecular weight excluding hydrogens is 274 g/mol. The van der Waals surface area contributed by atoms with Crippen LogP contribution in [0.4, 0.5) is 0 Å². The maximum absolute atomic E-state index is 11.4. The number of hydrogen-bond acceptors (Lipinski definition) is 2. The molecule has 0 bridgehead atoms. The minimum absolute atomic E-state index is 0.0893. The Morgan fingerprint density at radius 3 is 2.20 bits per heavy atom. The Labute approximate surface area is 123 Å². The maximum atomic E-state index is 11.4. The van der Waals surface area contributed by atoms with Crippen LogP contribution in [0.2, 0.25) is 5.02 Å². The average Bonchev–Trinajstić information content (AvgIpc) is 2.46. The Hall–Kier alpha value is -1.84. The van der Waals surface area contributed by atoms with Crippen molar-refractivity contribution in [3.8, 4) is 0 Å². The van der Waals surface area contributed by atoms with Crippen molar-refractivity contribution in [2.75, 3.05) is 0 Å². The van der Waals surface area contributed by atoms with Crippen LogP contribution in [0.25, 0.3) is 0 Å². The Morgan fingerprint density at radius 1 is 1.05 bits per heavy atom. The molecule has 0 saturated carbocycles. The second-order valence-electron chi connectivity index (χ2n) is 4.62. The summed E-state index contributed by atoms with van der Waals surface area (Å²) in [6, 6.07) is 15.7. The fourth-order valence-corrected chi connectivity index (χ4v) is 2.18. The molecule has 0 saturated heterocycles. The lowest BCUT2D eigenvalue weighted by molar-refractivity contribution is -0.139. The third-order valence-corrected chi connectivity index (χ3v) is 3.42. The molecule has 3 nitrogen and oxygen atoms in total. The third-order valence-electron chi connectivity index (χ3n) is 3.17. The molecule has 0 spiro atoms. The van der Waals surface area contributed by atoms with E-state index in [1.165, 1.54) is 0 Å². The maximum Gasteiger partial charge on any atom is 0.325 e. The van der Waals surface area contributed by atoms with E-state index in [0.29, 0.717) is 5.02 Å². The number of carboxylic acid groups (broad SMARTS) is 1. The van der Waals surface area contributed by atoms with Gasteiger partial charge >= 0.3 is 5.97 Å². The van der Waals surface area contributed by atoms with Gasteiger partial charge in [-0.1, -0.05) is 54.1 Å². The van der Waals surface area contributed by atoms with Crippen LogP contribution in [-0.4, -0.2) is 11.1 Å². The van der Waals surface area contributed by atoms with Crippen molar-refractivity contribution >= 4 is 17.6 Å². The van der Waals surface area contributed by atoms with Gasteiger partial charge in [0.25, 0.3) is 0 Å². The Balaban J connectivity index is 2.16. The molecule has 0 aromatic heterocycles. The molecule has 0 aliphatic rings. The standard InChI is InChI=1S/C16H16ClNO2/c1-11(12-7-9-14(17)10-8-12)18-15(16(19)20)13-5-3-2-4-6-13/h2-11,15,18H,1H3,(H,19,20)/t11-,15?/m1/s1. The number of benzene rings is 2. The van der Waals surface area contributed by atoms with Gasteiger partial charge in [0, 0.05) is 11.1 Å². The van der Waals surface area contributed by atoms with Crippen molar-refractivity contribution < 1.29 is 9.90 Å². The summed E-state index contributed by atoms with van der Waals surface area (Å²) in [6.45, 7) is 1.93. The molecule has 0 aliphatic heterocycles. The van der Waals surface area contributed by atoms with E-state index in [-0.39, 0.29) is 6.04 Å². The van der Waals surface area contributed by atoms with Crippen LogP contribution in [0.5, 0.6) is 0 Å². The lowest BCUT2D eigenvalue weighted by Crippen LogP contribution is -2.30. The summed E-state index contributed by atoms with van der Waals surface area (Å²) in [7, 11) is 0. The number of rotatable bonds is 5. The highest BCUT2D eigenvalue weighted by molar-refractivity contribution is 6.30. The van der Waals surface area contributed by atoms with Crippen LogP contribution in [0.15, 0.2) is 54.6 Å². The fourth-order valence-electron chi connectivity index (χ4n) is 2.05. The van der Waals surface area contributed by atoms with E-state index in [0.717, 1.165) is 11.1 Å². The van der Waals surface area contributed by atoms with Crippen LogP contribution in [-0.2, 0) is 4.79 Å². The van der Waals surface area contributed by atoms with E-state index >= 15 is 0 Å². The van der Waals surface area contributed by atoms with Gasteiger partial charge in [0.2, 0.25) is 0 Å². The SMILES string of the molecule is C[C@@H](NC(C(=O)O)c1ccccc1)c1ccc(Cl)cc1. The van der Waals surface area contributed by atoms with E-state index in [9.17, 15) is 9.90 Å². The molecule has 104 valence electrons. The van der Waals surface area contributed by atoms with Crippen molar-refractivity contribution in [3.05, 3.63) is 70.7 Å². The largest absolute Gasteiger partial charge is 0.480 e. The van der Waals surface area contributed by atoms with E-state index in [1.807, 2.05) is 37.3 Å². The first-order valence-electron chi connectivity index (χ1n) is 6.37. The number of nitrogens with one attached hydrogen (secondary N) is 1. The zero-order valence-corrected chi connectivity index (χ0v) is 11.8. The molecule has 0 amide bonds. The van der Waals surface area contributed by atoms with Gasteiger partial charge in [0.15, 0.2) is 0 Å². The van der Waals surface area contributed by atoms with E-state index in [2.05, 4.69) is 5.32 Å². The van der Waals surface area contributed by atoms with Gasteiger partial charge in [-0.25, -0.2) is 0 Å². The highest BCUT2D eigenvalue weighted by Crippen LogP contribution is 2.21. The summed E-state index contributed by atoms with van der Waals surface area (Å²) in [4.78, 5) is 11.4. The second kappa shape index (κ2) is 6.55. The van der Waals surface area contributed by atoms with Crippen LogP contribution >= 0.6 is 11.6 Å². The Kier molecular flexibility index (Phi) is 4.77. The molecule has 2 aromatic rings. The lowest BCUT2D eigenvalue weighted by Gasteiger charge is -2.21. The van der Waals surface area contributed by atoms with Crippen LogP contribution in [0.1, 0.15) is 30.1 Å². The first kappa shape index (κ1) is 14.6. The van der Waals surface area contributed by atoms with E-state index < -0.39 is 12.0 Å². The number of hydrogen-bond donors (Lipinski definition) is 2. The molecule has 2 atom stereocenters. The van der Waals surface area contributed by atoms with Gasteiger partial charge in [-0.2, -0.15) is 0 Å². The molecular formula is C16H16ClNO2. The molecule has 4 heteroatoms. The number of carbonyl (C=O) groups is 1. The van der Waals surface area contributed by atoms with Crippen molar-refractivity contribution in [1.82, 2.24) is 5.32 Å². The van der Waals surface area contributed by atoms with E-state index in [4.69, 9.17) is 11.6 Å². The van der Waals surface area contributed by atoms with Gasteiger partial charge in [-0.05, 0) is 30.2 Å². The fraction of sp³-hybridized carbons (Fsp3) is 0.188. The molecule has 0 radical (unpaired) electrons. The quantitative estimate of drug-likeness (QED) is 0.880. The van der Waals surface area contributed by atoms with Gasteiger partial charge in [0.1, 0.15) is 6.04 Å². The molecule has 1 unspecified atom stereocenters. The van der Waals surface area contributed by atoms with Gasteiger partial charge in [-0.3, -0.25) is 10.1 Å². The second-order valence-corrected chi connectivity index (χ2v) is 5.06. The zero-order valence-electron chi connectivity index (χ0n) is 11.1. The summed E-state index contributed by atoms with van der Waals surface area (Å²) in [6.07, 6.45) is 0. The molecule has 2 rings (SSSR count). The highest BCUT2D eigenvalue weighted by Gasteiger charge is 2.21. The molecule has 2 aromatic carbocycles. The predicted molar refractivity (Wildman–Crippen MR) is 79.8 cm³/mol. The molecule has 20 heavy (non-hydrogen) atoms. The van der Waals surface area contributed by atoms with Crippen molar-refractivity contribution in [2.24, 2.45) is 0 Å². The molecule has 0 fully saturated rings. The third kappa shape index (κ3) is 3.59. The number of aliphatic carboxylic acids is 1. The lowest BCUT2D eigenvalue weighted by atomic mass is 10.0. The first-order chi connectivity index (χ1) is 9.58. The van der Waals surface area contributed by atoms with Crippen LogP contribution in [0, 0.1) is 0 Å². The number of halogens is 1. The summed E-state index contributed by atoms with van der Waals surface area (Å²) in [5.41, 5.74) is 1.73. The predicted octanol–water partition coefficient (Wildman–Crippen LogP) is 3.82. The van der Waals surface area contributed by atoms with Crippen molar-refractivity contribution in [3.63, 3.8) is 0 Å². The first-order valence-corrected chi connectivity index (χ1v) is 6.75. The highest BCUT2D eigenvalue weighted by atomic mass is 35.5. The summed E-state index contributed by atoms with van der Waals surface area (Å²) in [5.74, 6) is -0.892. The van der Waals surface area contributed by atoms with Crippen LogP contribution < -0.4 is 5.32 Å². The van der Waals surface area contributed by atoms with Crippen LogP contribution in [0.3, 0.4) is 0 Å². The van der Waals surface area contributed by atoms with Crippen molar-refractivity contribution in [2.45, 2.75) is 19.0 Å². The molecule has 2 N–H and O–H groups in total. The van der Waals surface area contributed by atoms with Gasteiger partial charge in [-0.15, -0.1) is 0 Å². The summed E-state index contributed by atoms with van der Waals surface area (Å²) in [5, 5.41) is 13.2. The number of carboxylic acids is 1. The Morgan fingerprint density at radius 2 is 1.65 bits per heavy atom. The zero-order chi connectivity index (χ0) is 14.5. The monoisotopic (exact) mass is 289 g/mol. The smallest absolute Gasteiger partial charge is 0.325 e. The minimum Gasteiger partial charge on any atom is -0.480 e. The topological polar surface area (TPSA) is 49.3 Å². The molecule has 0 heterocycles. The minimum atomic E-state index is -0.892. The van der Waals surface area contributed by atoms with Crippen molar-refractivity contribution in [1.29, 1.82) is 0 Å². The summed E-state index contributed by atoms with van der Waals surface area (Å²) < 4.78 is 0. The Bertz CT molecular complexity index is 569. The molecule has 0 aliphatic carbocycles. The van der Waals surface area contributed by atoms with Gasteiger partial charge < -0.3 is 5.11 Å². The normalized spacial score (nSPS) is 13.7. The summed E-state index contributed by atoms with van der Waals surface area (Å²) >= 11 is 5.85. The van der Waals surface area contributed by atoms with E-state index in [1.54, 1.807) is 24.3 Å². The average molecular weight is 290 g/mol. The van der Waals surface area contributed by atoms with Gasteiger partial charge in [0.05, 0.1) is 0 Å².